The zero-order chi connectivity index (χ0) is 19.7. The largest absolute Gasteiger partial charge is 0.324 e. The number of hydrogen-bond donors (Lipinski definition) is 1. The summed E-state index contributed by atoms with van der Waals surface area (Å²) in [5.41, 5.74) is 0.208. The predicted molar refractivity (Wildman–Crippen MR) is 102 cm³/mol. The second-order valence-corrected chi connectivity index (χ2v) is 6.57. The average Bonchev–Trinajstić information content (AvgIpc) is 2.70. The summed E-state index contributed by atoms with van der Waals surface area (Å²) in [5, 5.41) is 2.77. The van der Waals surface area contributed by atoms with E-state index in [1.807, 2.05) is 6.07 Å². The third kappa shape index (κ3) is 2.93. The summed E-state index contributed by atoms with van der Waals surface area (Å²) in [7, 11) is 0. The van der Waals surface area contributed by atoms with Gasteiger partial charge in [-0.25, -0.2) is 8.78 Å². The predicted octanol–water partition coefficient (Wildman–Crippen LogP) is 4.24. The van der Waals surface area contributed by atoms with E-state index in [9.17, 15) is 18.4 Å². The molecule has 0 aliphatic carbocycles. The van der Waals surface area contributed by atoms with Crippen LogP contribution in [-0.2, 0) is 15.1 Å². The quantitative estimate of drug-likeness (QED) is 0.691. The average molecular weight is 378 g/mol. The highest BCUT2D eigenvalue weighted by atomic mass is 19.1. The lowest BCUT2D eigenvalue weighted by atomic mass is 9.76. The van der Waals surface area contributed by atoms with Gasteiger partial charge in [0.1, 0.15) is 11.6 Å². The number of nitrogens with zero attached hydrogens (tertiary/aromatic N) is 1. The zero-order valence-electron chi connectivity index (χ0n) is 14.7. The van der Waals surface area contributed by atoms with Crippen LogP contribution in [0.2, 0.25) is 0 Å². The monoisotopic (exact) mass is 378 g/mol. The van der Waals surface area contributed by atoms with Crippen LogP contribution in [-0.4, -0.2) is 11.8 Å². The van der Waals surface area contributed by atoms with E-state index >= 15 is 0 Å². The summed E-state index contributed by atoms with van der Waals surface area (Å²) in [6.07, 6.45) is -0.0264. The number of amides is 2. The number of halogens is 2. The van der Waals surface area contributed by atoms with E-state index in [0.29, 0.717) is 16.9 Å². The van der Waals surface area contributed by atoms with Crippen molar-refractivity contribution in [3.8, 4) is 0 Å². The topological polar surface area (TPSA) is 49.4 Å². The molecule has 1 saturated heterocycles. The van der Waals surface area contributed by atoms with Gasteiger partial charge in [0.25, 0.3) is 5.91 Å². The fourth-order valence-electron chi connectivity index (χ4n) is 3.48. The first kappa shape index (κ1) is 17.9. The van der Waals surface area contributed by atoms with E-state index in [4.69, 9.17) is 0 Å². The molecule has 0 aromatic heterocycles. The SMILES string of the molecule is O=C1CC(C(=O)Nc2ccc(F)cc2)(c2ccccc2)N1c1ccc(F)cc1. The van der Waals surface area contributed by atoms with Gasteiger partial charge in [-0.3, -0.25) is 14.5 Å². The normalized spacial score (nSPS) is 18.5. The highest BCUT2D eigenvalue weighted by molar-refractivity contribution is 6.17. The number of nitrogens with one attached hydrogen (secondary N) is 1. The molecule has 3 aromatic carbocycles. The molecule has 0 spiro atoms. The van der Waals surface area contributed by atoms with Crippen molar-refractivity contribution in [3.05, 3.63) is 96.1 Å². The molecule has 1 atom stereocenters. The van der Waals surface area contributed by atoms with Gasteiger partial charge in [0, 0.05) is 11.4 Å². The minimum atomic E-state index is -1.27. The van der Waals surface area contributed by atoms with Gasteiger partial charge in [-0.05, 0) is 54.1 Å². The van der Waals surface area contributed by atoms with Gasteiger partial charge in [0.05, 0.1) is 6.42 Å². The van der Waals surface area contributed by atoms with Crippen molar-refractivity contribution in [3.63, 3.8) is 0 Å². The van der Waals surface area contributed by atoms with Crippen molar-refractivity contribution >= 4 is 23.2 Å². The van der Waals surface area contributed by atoms with Gasteiger partial charge in [-0.1, -0.05) is 30.3 Å². The highest BCUT2D eigenvalue weighted by Gasteiger charge is 2.58. The lowest BCUT2D eigenvalue weighted by molar-refractivity contribution is -0.137. The summed E-state index contributed by atoms with van der Waals surface area (Å²) >= 11 is 0. The summed E-state index contributed by atoms with van der Waals surface area (Å²) < 4.78 is 26.5. The summed E-state index contributed by atoms with van der Waals surface area (Å²) in [5.74, 6) is -1.51. The second kappa shape index (κ2) is 6.88. The van der Waals surface area contributed by atoms with Crippen LogP contribution in [0.15, 0.2) is 78.9 Å². The number of carbonyl (C=O) groups excluding carboxylic acids is 2. The van der Waals surface area contributed by atoms with Crippen LogP contribution in [0.4, 0.5) is 20.2 Å². The molecule has 0 radical (unpaired) electrons. The first-order valence-corrected chi connectivity index (χ1v) is 8.72. The van der Waals surface area contributed by atoms with Crippen molar-refractivity contribution in [2.45, 2.75) is 12.0 Å². The van der Waals surface area contributed by atoms with Crippen LogP contribution in [0.5, 0.6) is 0 Å². The van der Waals surface area contributed by atoms with Crippen LogP contribution in [0.25, 0.3) is 0 Å². The smallest absolute Gasteiger partial charge is 0.255 e. The van der Waals surface area contributed by atoms with E-state index in [-0.39, 0.29) is 12.3 Å². The fourth-order valence-corrected chi connectivity index (χ4v) is 3.48. The molecule has 1 fully saturated rings. The Kier molecular flexibility index (Phi) is 4.39. The summed E-state index contributed by atoms with van der Waals surface area (Å²) in [6.45, 7) is 0. The molecule has 4 nitrogen and oxygen atoms in total. The third-order valence-corrected chi connectivity index (χ3v) is 4.85. The Bertz CT molecular complexity index is 1020. The molecule has 28 heavy (non-hydrogen) atoms. The molecule has 0 saturated carbocycles. The standard InChI is InChI=1S/C22H16F2N2O2/c23-16-6-10-18(11-7-16)25-21(28)22(15-4-2-1-3-5-15)14-20(27)26(22)19-12-8-17(24)9-13-19/h1-13H,14H2,(H,25,28). The van der Waals surface area contributed by atoms with Gasteiger partial charge < -0.3 is 5.32 Å². The van der Waals surface area contributed by atoms with Gasteiger partial charge in [-0.2, -0.15) is 0 Å². The van der Waals surface area contributed by atoms with Gasteiger partial charge in [0.15, 0.2) is 5.54 Å². The Labute approximate surface area is 160 Å². The van der Waals surface area contributed by atoms with Gasteiger partial charge in [0.2, 0.25) is 5.91 Å². The van der Waals surface area contributed by atoms with Crippen LogP contribution in [0.1, 0.15) is 12.0 Å². The molecule has 4 rings (SSSR count). The Balaban J connectivity index is 1.77. The molecule has 1 heterocycles. The van der Waals surface area contributed by atoms with Crippen molar-refractivity contribution in [1.29, 1.82) is 0 Å². The van der Waals surface area contributed by atoms with E-state index in [1.54, 1.807) is 24.3 Å². The van der Waals surface area contributed by atoms with E-state index < -0.39 is 23.1 Å². The number of rotatable bonds is 4. The van der Waals surface area contributed by atoms with Crippen LogP contribution >= 0.6 is 0 Å². The summed E-state index contributed by atoms with van der Waals surface area (Å²) in [4.78, 5) is 27.2. The van der Waals surface area contributed by atoms with Crippen molar-refractivity contribution in [1.82, 2.24) is 0 Å². The second-order valence-electron chi connectivity index (χ2n) is 6.57. The van der Waals surface area contributed by atoms with Crippen LogP contribution in [0, 0.1) is 11.6 Å². The molecule has 3 aromatic rings. The van der Waals surface area contributed by atoms with Crippen LogP contribution < -0.4 is 10.2 Å². The number of hydrogen-bond acceptors (Lipinski definition) is 2. The first-order valence-electron chi connectivity index (χ1n) is 8.72. The minimum absolute atomic E-state index is 0.0264. The molecule has 1 aliphatic heterocycles. The Morgan fingerprint density at radius 1 is 0.857 bits per heavy atom. The number of benzene rings is 3. The molecule has 0 bridgehead atoms. The molecule has 1 N–H and O–H groups in total. The molecule has 6 heteroatoms. The Hall–Kier alpha value is -3.54. The molecular weight excluding hydrogens is 362 g/mol. The first-order chi connectivity index (χ1) is 13.5. The number of β-lactam (4-membered cyclic amide) rings is 1. The fraction of sp³-hybridized carbons (Fsp3) is 0.0909. The molecule has 2 amide bonds. The molecular formula is C22H16F2N2O2. The van der Waals surface area contributed by atoms with E-state index in [2.05, 4.69) is 5.32 Å². The molecule has 1 unspecified atom stereocenters. The lowest BCUT2D eigenvalue weighted by Gasteiger charge is -2.50. The van der Waals surface area contributed by atoms with Crippen molar-refractivity contribution in [2.24, 2.45) is 0 Å². The third-order valence-electron chi connectivity index (χ3n) is 4.85. The van der Waals surface area contributed by atoms with Crippen LogP contribution in [0.3, 0.4) is 0 Å². The van der Waals surface area contributed by atoms with Gasteiger partial charge >= 0.3 is 0 Å². The van der Waals surface area contributed by atoms with Crippen molar-refractivity contribution in [2.75, 3.05) is 10.2 Å². The Morgan fingerprint density at radius 2 is 1.43 bits per heavy atom. The van der Waals surface area contributed by atoms with E-state index in [1.165, 1.54) is 53.4 Å². The van der Waals surface area contributed by atoms with E-state index in [0.717, 1.165) is 0 Å². The molecule has 140 valence electrons. The Morgan fingerprint density at radius 3 is 2.00 bits per heavy atom. The summed E-state index contributed by atoms with van der Waals surface area (Å²) in [6, 6.07) is 19.7. The van der Waals surface area contributed by atoms with Gasteiger partial charge in [-0.15, -0.1) is 0 Å². The lowest BCUT2D eigenvalue weighted by Crippen LogP contribution is -2.67. The number of anilines is 2. The zero-order valence-corrected chi connectivity index (χ0v) is 14.7. The maximum Gasteiger partial charge on any atom is 0.255 e. The molecule has 1 aliphatic rings. The minimum Gasteiger partial charge on any atom is -0.324 e. The highest BCUT2D eigenvalue weighted by Crippen LogP contribution is 2.45. The van der Waals surface area contributed by atoms with Crippen molar-refractivity contribution < 1.29 is 18.4 Å². The number of carbonyl (C=O) groups is 2. The maximum atomic E-state index is 13.4. The maximum absolute atomic E-state index is 13.4.